The van der Waals surface area contributed by atoms with E-state index in [0.29, 0.717) is 17.4 Å². The van der Waals surface area contributed by atoms with Gasteiger partial charge >= 0.3 is 11.9 Å². The summed E-state index contributed by atoms with van der Waals surface area (Å²) in [6.45, 7) is 4.11. The van der Waals surface area contributed by atoms with Crippen LogP contribution in [0.5, 0.6) is 0 Å². The molecule has 2 atom stereocenters. The van der Waals surface area contributed by atoms with E-state index in [2.05, 4.69) is 86.8 Å². The van der Waals surface area contributed by atoms with Crippen molar-refractivity contribution in [3.05, 3.63) is 72.9 Å². The molecule has 0 radical (unpaired) electrons. The highest BCUT2D eigenvalue weighted by Gasteiger charge is 2.22. The van der Waals surface area contributed by atoms with Gasteiger partial charge in [-0.15, -0.1) is 0 Å². The molecule has 0 aromatic carbocycles. The van der Waals surface area contributed by atoms with Crippen LogP contribution in [0.15, 0.2) is 72.9 Å². The molecule has 0 aliphatic rings. The SMILES string of the molecule is CC/C=C\C/C=C\C/C=C\C/C=C\C/C=C\CCCCCCCCCCCCCCCCCCCCCC(=O)OC(COC(=O)CCCCCCC/C=C\CCCCCC)COP(=O)([O-])OCC[N+](C)(C)C. The molecule has 0 aliphatic heterocycles. The summed E-state index contributed by atoms with van der Waals surface area (Å²) < 4.78 is 34.1. The summed E-state index contributed by atoms with van der Waals surface area (Å²) in [4.78, 5) is 37.8. The quantitative estimate of drug-likeness (QED) is 0.0195. The summed E-state index contributed by atoms with van der Waals surface area (Å²) in [6.07, 6.45) is 69.7. The Bertz CT molecular complexity index is 1450. The fraction of sp³-hybridized carbons (Fsp3) is 0.774. The molecule has 2 unspecified atom stereocenters. The van der Waals surface area contributed by atoms with Gasteiger partial charge in [-0.05, 0) is 83.5 Å². The Balaban J connectivity index is 3.99. The van der Waals surface area contributed by atoms with E-state index in [1.54, 1.807) is 0 Å². The first-order valence-electron chi connectivity index (χ1n) is 29.6. The van der Waals surface area contributed by atoms with Gasteiger partial charge in [-0.2, -0.15) is 0 Å². The van der Waals surface area contributed by atoms with Gasteiger partial charge in [-0.25, -0.2) is 0 Å². The normalized spacial score (nSPS) is 13.8. The van der Waals surface area contributed by atoms with Crippen molar-refractivity contribution in [2.24, 2.45) is 0 Å². The number of carbonyl (C=O) groups is 2. The Kier molecular flexibility index (Phi) is 51.4. The first kappa shape index (κ1) is 69.5. The molecule has 0 aromatic heterocycles. The predicted octanol–water partition coefficient (Wildman–Crippen LogP) is 17.8. The number of ether oxygens (including phenoxy) is 2. The molecular formula is C62H112NO8P. The number of phosphoric ester groups is 1. The Morgan fingerprint density at radius 3 is 1.19 bits per heavy atom. The zero-order chi connectivity index (χ0) is 52.7. The Hall–Kier alpha value is -2.55. The van der Waals surface area contributed by atoms with Gasteiger partial charge in [0.1, 0.15) is 19.8 Å². The number of carbonyl (C=O) groups excluding carboxylic acids is 2. The number of unbranched alkanes of at least 4 members (excludes halogenated alkanes) is 28. The maximum atomic E-state index is 12.8. The van der Waals surface area contributed by atoms with Crippen LogP contribution in [0.25, 0.3) is 0 Å². The Morgan fingerprint density at radius 1 is 0.444 bits per heavy atom. The molecule has 0 heterocycles. The second kappa shape index (κ2) is 53.3. The summed E-state index contributed by atoms with van der Waals surface area (Å²) in [5, 5.41) is 0. The summed E-state index contributed by atoms with van der Waals surface area (Å²) >= 11 is 0. The maximum Gasteiger partial charge on any atom is 0.306 e. The number of allylic oxidation sites excluding steroid dienone is 12. The number of hydrogen-bond donors (Lipinski definition) is 0. The molecule has 0 saturated heterocycles. The minimum Gasteiger partial charge on any atom is -0.756 e. The van der Waals surface area contributed by atoms with E-state index in [-0.39, 0.29) is 26.1 Å². The van der Waals surface area contributed by atoms with Crippen molar-refractivity contribution in [2.75, 3.05) is 47.5 Å². The molecule has 0 rings (SSSR count). The number of hydrogen-bond acceptors (Lipinski definition) is 8. The van der Waals surface area contributed by atoms with Crippen LogP contribution >= 0.6 is 7.82 Å². The van der Waals surface area contributed by atoms with Crippen molar-refractivity contribution in [2.45, 2.75) is 264 Å². The van der Waals surface area contributed by atoms with Crippen LogP contribution in [0.1, 0.15) is 258 Å². The van der Waals surface area contributed by atoms with Gasteiger partial charge in [0.2, 0.25) is 0 Å². The highest BCUT2D eigenvalue weighted by molar-refractivity contribution is 7.45. The largest absolute Gasteiger partial charge is 0.756 e. The van der Waals surface area contributed by atoms with Crippen molar-refractivity contribution < 1.29 is 42.1 Å². The molecule has 0 saturated carbocycles. The van der Waals surface area contributed by atoms with Crippen molar-refractivity contribution in [1.29, 1.82) is 0 Å². The topological polar surface area (TPSA) is 111 Å². The van der Waals surface area contributed by atoms with Crippen LogP contribution in [0, 0.1) is 0 Å². The molecule has 0 aromatic rings. The zero-order valence-electron chi connectivity index (χ0n) is 47.4. The van der Waals surface area contributed by atoms with Crippen molar-refractivity contribution in [1.82, 2.24) is 0 Å². The fourth-order valence-corrected chi connectivity index (χ4v) is 8.88. The highest BCUT2D eigenvalue weighted by Crippen LogP contribution is 2.38. The van der Waals surface area contributed by atoms with Crippen LogP contribution in [-0.4, -0.2) is 70.0 Å². The predicted molar refractivity (Wildman–Crippen MR) is 305 cm³/mol. The van der Waals surface area contributed by atoms with E-state index in [1.165, 1.54) is 135 Å². The number of phosphoric acid groups is 1. The molecule has 0 amide bonds. The van der Waals surface area contributed by atoms with Gasteiger partial charge in [-0.1, -0.05) is 234 Å². The highest BCUT2D eigenvalue weighted by atomic mass is 31.2. The lowest BCUT2D eigenvalue weighted by Gasteiger charge is -2.28. The first-order chi connectivity index (χ1) is 35.0. The van der Waals surface area contributed by atoms with Crippen LogP contribution in [0.2, 0.25) is 0 Å². The number of likely N-dealkylation sites (N-methyl/N-ethyl adjacent to an activating group) is 1. The third kappa shape index (κ3) is 56.7. The second-order valence-electron chi connectivity index (χ2n) is 21.0. The first-order valence-corrected chi connectivity index (χ1v) is 31.1. The van der Waals surface area contributed by atoms with Crippen molar-refractivity contribution in [3.63, 3.8) is 0 Å². The summed E-state index contributed by atoms with van der Waals surface area (Å²) in [6, 6.07) is 0. The van der Waals surface area contributed by atoms with Gasteiger partial charge in [0, 0.05) is 12.8 Å². The van der Waals surface area contributed by atoms with Crippen LogP contribution < -0.4 is 4.89 Å². The van der Waals surface area contributed by atoms with Crippen LogP contribution in [-0.2, 0) is 32.7 Å². The lowest BCUT2D eigenvalue weighted by atomic mass is 10.0. The number of quaternary nitrogens is 1. The molecule has 0 fully saturated rings. The number of nitrogens with zero attached hydrogens (tertiary/aromatic N) is 1. The average molecular weight is 1030 g/mol. The second-order valence-corrected chi connectivity index (χ2v) is 22.4. The third-order valence-electron chi connectivity index (χ3n) is 12.7. The van der Waals surface area contributed by atoms with E-state index in [0.717, 1.165) is 89.9 Å². The molecule has 0 aliphatic carbocycles. The number of rotatable bonds is 54. The van der Waals surface area contributed by atoms with E-state index in [9.17, 15) is 19.0 Å². The van der Waals surface area contributed by atoms with Crippen LogP contribution in [0.3, 0.4) is 0 Å². The maximum absolute atomic E-state index is 12.8. The van der Waals surface area contributed by atoms with Gasteiger partial charge in [-0.3, -0.25) is 14.2 Å². The van der Waals surface area contributed by atoms with Crippen molar-refractivity contribution in [3.8, 4) is 0 Å². The van der Waals surface area contributed by atoms with E-state index in [4.69, 9.17) is 18.5 Å². The molecule has 72 heavy (non-hydrogen) atoms. The van der Waals surface area contributed by atoms with E-state index in [1.807, 2.05) is 21.1 Å². The standard InChI is InChI=1S/C62H112NO8P/c1-6-8-10-12-14-16-18-20-21-22-23-24-25-26-27-28-29-30-31-32-33-34-35-36-37-38-39-40-41-43-45-47-49-51-53-55-62(65)71-60(59-70-72(66,67)69-57-56-63(3,4)5)58-68-61(64)54-52-50-48-46-44-42-19-17-15-13-11-9-7-2/h8,10,14,16-17,19-21,23-24,26-27,60H,6-7,9,11-13,15,18,22,25,28-59H2,1-5H3/b10-8-,16-14-,19-17-,21-20-,24-23-,27-26-. The fourth-order valence-electron chi connectivity index (χ4n) is 8.15. The average Bonchev–Trinajstić information content (AvgIpc) is 3.34. The lowest BCUT2D eigenvalue weighted by molar-refractivity contribution is -0.870. The van der Waals surface area contributed by atoms with Crippen molar-refractivity contribution >= 4 is 19.8 Å². The van der Waals surface area contributed by atoms with Gasteiger partial charge in [0.15, 0.2) is 6.10 Å². The zero-order valence-corrected chi connectivity index (χ0v) is 48.3. The molecule has 418 valence electrons. The smallest absolute Gasteiger partial charge is 0.306 e. The summed E-state index contributed by atoms with van der Waals surface area (Å²) in [7, 11) is 1.16. The van der Waals surface area contributed by atoms with Gasteiger partial charge < -0.3 is 27.9 Å². The Labute approximate surface area is 444 Å². The van der Waals surface area contributed by atoms with Crippen LogP contribution in [0.4, 0.5) is 0 Å². The third-order valence-corrected chi connectivity index (χ3v) is 13.7. The Morgan fingerprint density at radius 2 is 0.792 bits per heavy atom. The molecular weight excluding hydrogens is 918 g/mol. The monoisotopic (exact) mass is 1030 g/mol. The molecule has 0 spiro atoms. The van der Waals surface area contributed by atoms with Gasteiger partial charge in [0.05, 0.1) is 27.7 Å². The van der Waals surface area contributed by atoms with Gasteiger partial charge in [0.25, 0.3) is 7.82 Å². The van der Waals surface area contributed by atoms with E-state index >= 15 is 0 Å². The molecule has 10 heteroatoms. The summed E-state index contributed by atoms with van der Waals surface area (Å²) in [5.41, 5.74) is 0. The molecule has 0 N–H and O–H groups in total. The summed E-state index contributed by atoms with van der Waals surface area (Å²) in [5.74, 6) is -0.837. The molecule has 0 bridgehead atoms. The minimum atomic E-state index is -4.63. The van der Waals surface area contributed by atoms with E-state index < -0.39 is 32.5 Å². The minimum absolute atomic E-state index is 0.0324. The molecule has 9 nitrogen and oxygen atoms in total. The lowest BCUT2D eigenvalue weighted by Crippen LogP contribution is -2.37. The number of esters is 2.